The minimum absolute atomic E-state index is 0.124. The fraction of sp³-hybridized carbons (Fsp3) is 0.800. The second-order valence-corrected chi connectivity index (χ2v) is 6.35. The minimum atomic E-state index is -0.715. The molecule has 0 aromatic rings. The molecular weight excluding hydrogens is 300 g/mol. The van der Waals surface area contributed by atoms with Crippen molar-refractivity contribution in [1.29, 1.82) is 0 Å². The van der Waals surface area contributed by atoms with Gasteiger partial charge in [-0.15, -0.1) is 0 Å². The van der Waals surface area contributed by atoms with Gasteiger partial charge in [-0.2, -0.15) is 0 Å². The third kappa shape index (κ3) is 3.32. The van der Waals surface area contributed by atoms with Gasteiger partial charge in [-0.05, 0) is 12.8 Å². The van der Waals surface area contributed by atoms with Gasteiger partial charge >= 0.3 is 6.03 Å². The maximum atomic E-state index is 12.6. The lowest BCUT2D eigenvalue weighted by atomic mass is 9.82. The molecule has 1 aliphatic carbocycles. The smallest absolute Gasteiger partial charge is 0.325 e. The van der Waals surface area contributed by atoms with Crippen LogP contribution in [0.2, 0.25) is 0 Å². The number of urea groups is 1. The summed E-state index contributed by atoms with van der Waals surface area (Å²) in [6.07, 6.45) is 4.54. The Balaban J connectivity index is 1.56. The van der Waals surface area contributed by atoms with Gasteiger partial charge in [0.2, 0.25) is 5.91 Å². The molecule has 1 spiro atoms. The number of carbonyl (C=O) groups excluding carboxylic acids is 3. The van der Waals surface area contributed by atoms with Gasteiger partial charge in [0.1, 0.15) is 5.54 Å². The molecule has 0 bridgehead atoms. The number of imide groups is 1. The Labute approximate surface area is 135 Å². The fourth-order valence-corrected chi connectivity index (χ4v) is 3.52. The highest BCUT2D eigenvalue weighted by molar-refractivity contribution is 6.07. The monoisotopic (exact) mass is 324 g/mol. The summed E-state index contributed by atoms with van der Waals surface area (Å²) >= 11 is 0. The lowest BCUT2D eigenvalue weighted by molar-refractivity contribution is -0.136. The number of hydrogen-bond acceptors (Lipinski definition) is 5. The molecule has 3 rings (SSSR count). The highest BCUT2D eigenvalue weighted by Crippen LogP contribution is 2.33. The predicted octanol–water partition coefficient (Wildman–Crippen LogP) is -0.00540. The summed E-state index contributed by atoms with van der Waals surface area (Å²) in [4.78, 5) is 38.2. The SMILES string of the molecule is O=C(CCN1C(=O)NC2(CCCCC2)C1=O)N1CCOCCN1. The minimum Gasteiger partial charge on any atom is -0.378 e. The average Bonchev–Trinajstić information content (AvgIpc) is 2.77. The van der Waals surface area contributed by atoms with E-state index in [4.69, 9.17) is 4.74 Å². The number of carbonyl (C=O) groups is 3. The second-order valence-electron chi connectivity index (χ2n) is 6.35. The van der Waals surface area contributed by atoms with Crippen molar-refractivity contribution in [2.45, 2.75) is 44.1 Å². The van der Waals surface area contributed by atoms with E-state index in [1.165, 1.54) is 9.91 Å². The van der Waals surface area contributed by atoms with Crippen molar-refractivity contribution < 1.29 is 19.1 Å². The highest BCUT2D eigenvalue weighted by atomic mass is 16.5. The highest BCUT2D eigenvalue weighted by Gasteiger charge is 2.51. The van der Waals surface area contributed by atoms with Crippen LogP contribution >= 0.6 is 0 Å². The molecule has 128 valence electrons. The molecule has 2 aliphatic heterocycles. The van der Waals surface area contributed by atoms with Crippen LogP contribution in [0, 0.1) is 0 Å². The topological polar surface area (TPSA) is 91.0 Å². The van der Waals surface area contributed by atoms with Crippen molar-refractivity contribution in [2.24, 2.45) is 0 Å². The molecular formula is C15H24N4O4. The molecule has 0 atom stereocenters. The molecule has 23 heavy (non-hydrogen) atoms. The summed E-state index contributed by atoms with van der Waals surface area (Å²) in [6.45, 7) is 2.25. The second kappa shape index (κ2) is 6.84. The zero-order valence-electron chi connectivity index (χ0n) is 13.3. The molecule has 0 unspecified atom stereocenters. The number of rotatable bonds is 3. The van der Waals surface area contributed by atoms with Crippen LogP contribution in [-0.2, 0) is 14.3 Å². The van der Waals surface area contributed by atoms with E-state index < -0.39 is 5.54 Å². The van der Waals surface area contributed by atoms with Gasteiger partial charge < -0.3 is 10.1 Å². The predicted molar refractivity (Wildman–Crippen MR) is 81.2 cm³/mol. The summed E-state index contributed by atoms with van der Waals surface area (Å²) in [7, 11) is 0. The molecule has 2 N–H and O–H groups in total. The number of nitrogens with zero attached hydrogens (tertiary/aromatic N) is 2. The third-order valence-electron chi connectivity index (χ3n) is 4.81. The number of hydrazine groups is 1. The molecule has 8 nitrogen and oxygen atoms in total. The van der Waals surface area contributed by atoms with Gasteiger partial charge in [0.25, 0.3) is 5.91 Å². The lowest BCUT2D eigenvalue weighted by Crippen LogP contribution is -2.48. The molecule has 3 fully saturated rings. The lowest BCUT2D eigenvalue weighted by Gasteiger charge is -2.30. The summed E-state index contributed by atoms with van der Waals surface area (Å²) in [6, 6.07) is -0.364. The summed E-state index contributed by atoms with van der Waals surface area (Å²) in [5, 5.41) is 4.37. The maximum Gasteiger partial charge on any atom is 0.325 e. The summed E-state index contributed by atoms with van der Waals surface area (Å²) < 4.78 is 5.28. The number of ether oxygens (including phenoxy) is 1. The van der Waals surface area contributed by atoms with E-state index in [1.807, 2.05) is 0 Å². The standard InChI is InChI=1S/C15H24N4O4/c20-12(19-9-11-23-10-7-16-19)4-8-18-13(21)15(17-14(18)22)5-2-1-3-6-15/h16H,1-11H2,(H,17,22). The molecule has 0 radical (unpaired) electrons. The normalized spacial score (nSPS) is 24.7. The van der Waals surface area contributed by atoms with E-state index in [-0.39, 0.29) is 30.8 Å². The average molecular weight is 324 g/mol. The molecule has 4 amide bonds. The first kappa shape index (κ1) is 16.2. The van der Waals surface area contributed by atoms with Crippen LogP contribution in [0.5, 0.6) is 0 Å². The van der Waals surface area contributed by atoms with E-state index in [1.54, 1.807) is 0 Å². The zero-order valence-corrected chi connectivity index (χ0v) is 13.3. The van der Waals surface area contributed by atoms with Gasteiger partial charge in [0.05, 0.1) is 19.8 Å². The van der Waals surface area contributed by atoms with Crippen LogP contribution in [0.15, 0.2) is 0 Å². The molecule has 8 heteroatoms. The van der Waals surface area contributed by atoms with Gasteiger partial charge in [0, 0.05) is 19.5 Å². The van der Waals surface area contributed by atoms with Crippen molar-refractivity contribution in [3.63, 3.8) is 0 Å². The Hall–Kier alpha value is -1.67. The largest absolute Gasteiger partial charge is 0.378 e. The van der Waals surface area contributed by atoms with E-state index in [0.29, 0.717) is 39.1 Å². The van der Waals surface area contributed by atoms with Gasteiger partial charge in [-0.3, -0.25) is 19.5 Å². The molecule has 2 heterocycles. The Kier molecular flexibility index (Phi) is 4.82. The Morgan fingerprint density at radius 2 is 1.96 bits per heavy atom. The summed E-state index contributed by atoms with van der Waals surface area (Å²) in [5.74, 6) is -0.289. The number of hydrogen-bond donors (Lipinski definition) is 2. The molecule has 0 aromatic heterocycles. The first-order valence-electron chi connectivity index (χ1n) is 8.38. The van der Waals surface area contributed by atoms with Crippen LogP contribution in [0.1, 0.15) is 38.5 Å². The molecule has 3 aliphatic rings. The number of amides is 4. The van der Waals surface area contributed by atoms with E-state index in [2.05, 4.69) is 10.7 Å². The molecule has 0 aromatic carbocycles. The van der Waals surface area contributed by atoms with Crippen LogP contribution in [0.3, 0.4) is 0 Å². The van der Waals surface area contributed by atoms with Gasteiger partial charge in [0.15, 0.2) is 0 Å². The van der Waals surface area contributed by atoms with Crippen LogP contribution < -0.4 is 10.7 Å². The fourth-order valence-electron chi connectivity index (χ4n) is 3.52. The van der Waals surface area contributed by atoms with Gasteiger partial charge in [-0.1, -0.05) is 19.3 Å². The van der Waals surface area contributed by atoms with Crippen molar-refractivity contribution in [3.8, 4) is 0 Å². The van der Waals surface area contributed by atoms with Crippen LogP contribution in [0.25, 0.3) is 0 Å². The molecule has 2 saturated heterocycles. The van der Waals surface area contributed by atoms with E-state index in [0.717, 1.165) is 19.3 Å². The zero-order chi connectivity index (χ0) is 16.3. The van der Waals surface area contributed by atoms with Crippen molar-refractivity contribution >= 4 is 17.8 Å². The first-order valence-corrected chi connectivity index (χ1v) is 8.38. The molecule has 1 saturated carbocycles. The van der Waals surface area contributed by atoms with E-state index >= 15 is 0 Å². The Bertz CT molecular complexity index is 482. The maximum absolute atomic E-state index is 12.6. The van der Waals surface area contributed by atoms with Crippen LogP contribution in [0.4, 0.5) is 4.79 Å². The van der Waals surface area contributed by atoms with Crippen molar-refractivity contribution in [2.75, 3.05) is 32.8 Å². The van der Waals surface area contributed by atoms with Crippen molar-refractivity contribution in [3.05, 3.63) is 0 Å². The Morgan fingerprint density at radius 3 is 2.74 bits per heavy atom. The third-order valence-corrected chi connectivity index (χ3v) is 4.81. The van der Waals surface area contributed by atoms with Gasteiger partial charge in [-0.25, -0.2) is 10.2 Å². The first-order chi connectivity index (χ1) is 11.1. The number of nitrogens with one attached hydrogen (secondary N) is 2. The quantitative estimate of drug-likeness (QED) is 0.713. The van der Waals surface area contributed by atoms with Crippen molar-refractivity contribution in [1.82, 2.24) is 20.7 Å². The van der Waals surface area contributed by atoms with Crippen LogP contribution in [-0.4, -0.2) is 66.1 Å². The summed E-state index contributed by atoms with van der Waals surface area (Å²) in [5.41, 5.74) is 2.28. The van der Waals surface area contributed by atoms with E-state index in [9.17, 15) is 14.4 Å². The Morgan fingerprint density at radius 1 is 1.17 bits per heavy atom.